The van der Waals surface area contributed by atoms with E-state index < -0.39 is 0 Å². The summed E-state index contributed by atoms with van der Waals surface area (Å²) in [4.78, 5) is 11.7. The SMILES string of the molecule is CC1CC2(CCO1)NCCNC2=O. The number of hydrogen-bond donors (Lipinski definition) is 2. The summed E-state index contributed by atoms with van der Waals surface area (Å²) in [6.45, 7) is 4.32. The van der Waals surface area contributed by atoms with Crippen LogP contribution in [0.15, 0.2) is 0 Å². The molecule has 74 valence electrons. The van der Waals surface area contributed by atoms with E-state index in [9.17, 15) is 4.79 Å². The first-order chi connectivity index (χ1) is 6.23. The molecule has 4 heteroatoms. The summed E-state index contributed by atoms with van der Waals surface area (Å²) < 4.78 is 5.43. The van der Waals surface area contributed by atoms with Gasteiger partial charge in [-0.1, -0.05) is 0 Å². The van der Waals surface area contributed by atoms with Crippen LogP contribution >= 0.6 is 0 Å². The average molecular weight is 184 g/mol. The van der Waals surface area contributed by atoms with Gasteiger partial charge < -0.3 is 15.4 Å². The lowest BCUT2D eigenvalue weighted by molar-refractivity contribution is -0.136. The highest BCUT2D eigenvalue weighted by Gasteiger charge is 2.43. The summed E-state index contributed by atoms with van der Waals surface area (Å²) >= 11 is 0. The van der Waals surface area contributed by atoms with Crippen LogP contribution in [0, 0.1) is 0 Å². The molecule has 0 radical (unpaired) electrons. The maximum absolute atomic E-state index is 11.7. The van der Waals surface area contributed by atoms with E-state index in [2.05, 4.69) is 10.6 Å². The van der Waals surface area contributed by atoms with Crippen LogP contribution in [0.4, 0.5) is 0 Å². The zero-order valence-electron chi connectivity index (χ0n) is 7.93. The van der Waals surface area contributed by atoms with Crippen LogP contribution in [-0.2, 0) is 9.53 Å². The molecule has 0 saturated carbocycles. The van der Waals surface area contributed by atoms with Crippen LogP contribution in [0.1, 0.15) is 19.8 Å². The van der Waals surface area contributed by atoms with Crippen LogP contribution in [0.5, 0.6) is 0 Å². The summed E-state index contributed by atoms with van der Waals surface area (Å²) in [5.74, 6) is 0.147. The van der Waals surface area contributed by atoms with Crippen LogP contribution in [0.25, 0.3) is 0 Å². The van der Waals surface area contributed by atoms with Gasteiger partial charge in [0, 0.05) is 26.1 Å². The molecule has 1 spiro atoms. The maximum Gasteiger partial charge on any atom is 0.240 e. The molecule has 0 aromatic heterocycles. The van der Waals surface area contributed by atoms with Crippen molar-refractivity contribution in [2.45, 2.75) is 31.4 Å². The van der Waals surface area contributed by atoms with E-state index in [1.807, 2.05) is 6.92 Å². The molecule has 2 aliphatic rings. The lowest BCUT2D eigenvalue weighted by atomic mass is 9.85. The highest BCUT2D eigenvalue weighted by atomic mass is 16.5. The van der Waals surface area contributed by atoms with Crippen molar-refractivity contribution in [3.63, 3.8) is 0 Å². The number of piperazine rings is 1. The highest BCUT2D eigenvalue weighted by Crippen LogP contribution is 2.25. The molecule has 0 bridgehead atoms. The van der Waals surface area contributed by atoms with Crippen molar-refractivity contribution in [1.29, 1.82) is 0 Å². The van der Waals surface area contributed by atoms with E-state index in [0.717, 1.165) is 25.9 Å². The van der Waals surface area contributed by atoms with Gasteiger partial charge in [-0.15, -0.1) is 0 Å². The first-order valence-corrected chi connectivity index (χ1v) is 4.88. The van der Waals surface area contributed by atoms with Crippen molar-refractivity contribution in [2.75, 3.05) is 19.7 Å². The molecule has 0 aromatic rings. The number of carbonyl (C=O) groups is 1. The molecule has 0 aromatic carbocycles. The van der Waals surface area contributed by atoms with Crippen LogP contribution < -0.4 is 10.6 Å². The molecule has 2 aliphatic heterocycles. The number of hydrogen-bond acceptors (Lipinski definition) is 3. The summed E-state index contributed by atoms with van der Waals surface area (Å²) in [5.41, 5.74) is -0.337. The molecule has 2 heterocycles. The number of amides is 1. The fraction of sp³-hybridized carbons (Fsp3) is 0.889. The first kappa shape index (κ1) is 8.97. The molecule has 0 aliphatic carbocycles. The van der Waals surface area contributed by atoms with Crippen molar-refractivity contribution in [3.05, 3.63) is 0 Å². The van der Waals surface area contributed by atoms with Crippen LogP contribution in [0.2, 0.25) is 0 Å². The van der Waals surface area contributed by atoms with E-state index >= 15 is 0 Å². The van der Waals surface area contributed by atoms with Crippen molar-refractivity contribution >= 4 is 5.91 Å². The van der Waals surface area contributed by atoms with Crippen molar-refractivity contribution in [2.24, 2.45) is 0 Å². The van der Waals surface area contributed by atoms with Gasteiger partial charge in [-0.05, 0) is 13.3 Å². The Morgan fingerprint density at radius 3 is 3.08 bits per heavy atom. The van der Waals surface area contributed by atoms with Gasteiger partial charge in [0.1, 0.15) is 5.54 Å². The Labute approximate surface area is 78.0 Å². The summed E-state index contributed by atoms with van der Waals surface area (Å²) in [6.07, 6.45) is 1.77. The highest BCUT2D eigenvalue weighted by molar-refractivity contribution is 5.87. The van der Waals surface area contributed by atoms with Gasteiger partial charge in [0.2, 0.25) is 5.91 Å². The predicted octanol–water partition coefficient (Wildman–Crippen LogP) is -0.356. The molecule has 2 fully saturated rings. The van der Waals surface area contributed by atoms with Crippen molar-refractivity contribution in [3.8, 4) is 0 Å². The Morgan fingerprint density at radius 1 is 1.54 bits per heavy atom. The Kier molecular flexibility index (Phi) is 2.26. The van der Waals surface area contributed by atoms with Crippen LogP contribution in [0.3, 0.4) is 0 Å². The molecule has 2 rings (SSSR count). The smallest absolute Gasteiger partial charge is 0.240 e. The minimum Gasteiger partial charge on any atom is -0.378 e. The second kappa shape index (κ2) is 3.27. The average Bonchev–Trinajstić information content (AvgIpc) is 2.11. The quantitative estimate of drug-likeness (QED) is 0.540. The molecular formula is C9H16N2O2. The molecule has 2 unspecified atom stereocenters. The summed E-state index contributed by atoms with van der Waals surface area (Å²) in [7, 11) is 0. The van der Waals surface area contributed by atoms with Crippen molar-refractivity contribution < 1.29 is 9.53 Å². The van der Waals surface area contributed by atoms with E-state index in [4.69, 9.17) is 4.74 Å². The zero-order chi connectivity index (χ0) is 9.31. The lowest BCUT2D eigenvalue weighted by Gasteiger charge is -2.42. The fourth-order valence-electron chi connectivity index (χ4n) is 2.18. The minimum absolute atomic E-state index is 0.147. The maximum atomic E-state index is 11.7. The van der Waals surface area contributed by atoms with Gasteiger partial charge in [-0.3, -0.25) is 4.79 Å². The Balaban J connectivity index is 2.11. The van der Waals surface area contributed by atoms with E-state index in [0.29, 0.717) is 6.61 Å². The van der Waals surface area contributed by atoms with E-state index in [1.165, 1.54) is 0 Å². The van der Waals surface area contributed by atoms with Gasteiger partial charge in [0.25, 0.3) is 0 Å². The number of nitrogens with one attached hydrogen (secondary N) is 2. The number of ether oxygens (including phenoxy) is 1. The first-order valence-electron chi connectivity index (χ1n) is 4.88. The van der Waals surface area contributed by atoms with Gasteiger partial charge in [0.15, 0.2) is 0 Å². The number of rotatable bonds is 0. The number of carbonyl (C=O) groups excluding carboxylic acids is 1. The topological polar surface area (TPSA) is 50.4 Å². The normalized spacial score (nSPS) is 40.4. The zero-order valence-corrected chi connectivity index (χ0v) is 7.93. The van der Waals surface area contributed by atoms with Crippen molar-refractivity contribution in [1.82, 2.24) is 10.6 Å². The third-order valence-electron chi connectivity index (χ3n) is 2.88. The third kappa shape index (κ3) is 1.56. The largest absolute Gasteiger partial charge is 0.378 e. The minimum atomic E-state index is -0.337. The van der Waals surface area contributed by atoms with Gasteiger partial charge in [0.05, 0.1) is 6.10 Å². The monoisotopic (exact) mass is 184 g/mol. The second-order valence-corrected chi connectivity index (χ2v) is 3.90. The van der Waals surface area contributed by atoms with E-state index in [1.54, 1.807) is 0 Å². The molecule has 1 amide bonds. The van der Waals surface area contributed by atoms with E-state index in [-0.39, 0.29) is 17.6 Å². The summed E-state index contributed by atoms with van der Waals surface area (Å²) in [5, 5.41) is 6.23. The Bertz CT molecular complexity index is 216. The molecule has 2 N–H and O–H groups in total. The van der Waals surface area contributed by atoms with Gasteiger partial charge >= 0.3 is 0 Å². The third-order valence-corrected chi connectivity index (χ3v) is 2.88. The van der Waals surface area contributed by atoms with Gasteiger partial charge in [-0.2, -0.15) is 0 Å². The predicted molar refractivity (Wildman–Crippen MR) is 48.4 cm³/mol. The fourth-order valence-corrected chi connectivity index (χ4v) is 2.18. The Hall–Kier alpha value is -0.610. The molecule has 2 saturated heterocycles. The van der Waals surface area contributed by atoms with Crippen LogP contribution in [-0.4, -0.2) is 37.2 Å². The molecule has 13 heavy (non-hydrogen) atoms. The second-order valence-electron chi connectivity index (χ2n) is 3.90. The summed E-state index contributed by atoms with van der Waals surface area (Å²) in [6, 6.07) is 0. The Morgan fingerprint density at radius 2 is 2.38 bits per heavy atom. The molecule has 4 nitrogen and oxygen atoms in total. The van der Waals surface area contributed by atoms with Gasteiger partial charge in [-0.25, -0.2) is 0 Å². The standard InChI is InChI=1S/C9H16N2O2/c1-7-6-9(2-5-13-7)8(12)10-3-4-11-9/h7,11H,2-6H2,1H3,(H,10,12). The lowest BCUT2D eigenvalue weighted by Crippen LogP contribution is -2.65. The molecule has 2 atom stereocenters. The molecular weight excluding hydrogens is 168 g/mol.